The van der Waals surface area contributed by atoms with Crippen LogP contribution in [0.1, 0.15) is 18.7 Å². The summed E-state index contributed by atoms with van der Waals surface area (Å²) in [4.78, 5) is 13.3. The highest BCUT2D eigenvalue weighted by Gasteiger charge is 2.26. The fourth-order valence-corrected chi connectivity index (χ4v) is 2.04. The number of rotatable bonds is 1. The third-order valence-corrected chi connectivity index (χ3v) is 2.84. The molecule has 1 amide bonds. The van der Waals surface area contributed by atoms with Crippen LogP contribution >= 0.6 is 0 Å². The van der Waals surface area contributed by atoms with Gasteiger partial charge in [-0.1, -0.05) is 0 Å². The Hall–Kier alpha value is -1.29. The Morgan fingerprint density at radius 2 is 2.43 bits per heavy atom. The van der Waals surface area contributed by atoms with Crippen LogP contribution in [0.5, 0.6) is 0 Å². The van der Waals surface area contributed by atoms with Gasteiger partial charge in [-0.05, 0) is 19.1 Å². The summed E-state index contributed by atoms with van der Waals surface area (Å²) in [6, 6.07) is 4.22. The smallest absolute Gasteiger partial charge is 0.236 e. The molecule has 0 bridgehead atoms. The maximum absolute atomic E-state index is 11.5. The van der Waals surface area contributed by atoms with Crippen LogP contribution in [0.3, 0.4) is 0 Å². The Morgan fingerprint density at radius 1 is 1.64 bits per heavy atom. The third kappa shape index (κ3) is 1.32. The third-order valence-electron chi connectivity index (χ3n) is 2.84. The molecule has 1 unspecified atom stereocenters. The molecule has 2 rings (SSSR count). The fraction of sp³-hybridized carbons (Fsp3) is 0.500. The molecule has 0 fully saturated rings. The Morgan fingerprint density at radius 3 is 3.14 bits per heavy atom. The summed E-state index contributed by atoms with van der Waals surface area (Å²) in [5, 5.41) is 0. The Balaban J connectivity index is 2.25. The molecule has 0 aliphatic carbocycles. The second-order valence-corrected chi connectivity index (χ2v) is 3.59. The van der Waals surface area contributed by atoms with E-state index < -0.39 is 0 Å². The van der Waals surface area contributed by atoms with E-state index in [0.29, 0.717) is 0 Å². The second kappa shape index (κ2) is 3.46. The molecule has 76 valence electrons. The average molecular weight is 193 g/mol. The Bertz CT molecular complexity index is 345. The van der Waals surface area contributed by atoms with Gasteiger partial charge in [0.1, 0.15) is 0 Å². The van der Waals surface area contributed by atoms with Crippen molar-refractivity contribution < 1.29 is 4.79 Å². The van der Waals surface area contributed by atoms with Gasteiger partial charge in [-0.25, -0.2) is 0 Å². The minimum Gasteiger partial charge on any atom is -0.348 e. The zero-order chi connectivity index (χ0) is 10.1. The molecule has 0 spiro atoms. The summed E-state index contributed by atoms with van der Waals surface area (Å²) < 4.78 is 2.19. The molecule has 14 heavy (non-hydrogen) atoms. The molecular weight excluding hydrogens is 178 g/mol. The first-order valence-electron chi connectivity index (χ1n) is 4.88. The summed E-state index contributed by atoms with van der Waals surface area (Å²) in [6.07, 6.45) is 2.05. The first kappa shape index (κ1) is 9.27. The van der Waals surface area contributed by atoms with Gasteiger partial charge in [0, 0.05) is 25.0 Å². The quantitative estimate of drug-likeness (QED) is 0.699. The SMILES string of the molecule is CC1c2cccn2CCN1C(=O)CN. The van der Waals surface area contributed by atoms with Gasteiger partial charge in [0.15, 0.2) is 0 Å². The summed E-state index contributed by atoms with van der Waals surface area (Å²) >= 11 is 0. The van der Waals surface area contributed by atoms with Crippen molar-refractivity contribution in [3.05, 3.63) is 24.0 Å². The number of aromatic nitrogens is 1. The van der Waals surface area contributed by atoms with Crippen molar-refractivity contribution in [3.63, 3.8) is 0 Å². The van der Waals surface area contributed by atoms with Crippen molar-refractivity contribution in [3.8, 4) is 0 Å². The highest BCUT2D eigenvalue weighted by atomic mass is 16.2. The maximum Gasteiger partial charge on any atom is 0.236 e. The van der Waals surface area contributed by atoms with E-state index in [9.17, 15) is 4.79 Å². The lowest BCUT2D eigenvalue weighted by molar-refractivity contribution is -0.132. The fourth-order valence-electron chi connectivity index (χ4n) is 2.04. The first-order valence-corrected chi connectivity index (χ1v) is 4.88. The van der Waals surface area contributed by atoms with E-state index in [2.05, 4.69) is 16.8 Å². The van der Waals surface area contributed by atoms with Crippen LogP contribution in [0.25, 0.3) is 0 Å². The molecule has 0 aromatic carbocycles. The van der Waals surface area contributed by atoms with Gasteiger partial charge in [-0.3, -0.25) is 4.79 Å². The van der Waals surface area contributed by atoms with Crippen LogP contribution < -0.4 is 5.73 Å². The number of amides is 1. The highest BCUT2D eigenvalue weighted by Crippen LogP contribution is 2.24. The maximum atomic E-state index is 11.5. The predicted octanol–water partition coefficient (Wildman–Crippen LogP) is 0.350. The predicted molar refractivity (Wildman–Crippen MR) is 53.6 cm³/mol. The number of hydrogen-bond donors (Lipinski definition) is 1. The van der Waals surface area contributed by atoms with E-state index >= 15 is 0 Å². The molecule has 1 aliphatic heterocycles. The van der Waals surface area contributed by atoms with E-state index in [1.807, 2.05) is 17.9 Å². The molecule has 0 saturated carbocycles. The second-order valence-electron chi connectivity index (χ2n) is 3.59. The summed E-state index contributed by atoms with van der Waals surface area (Å²) in [7, 11) is 0. The van der Waals surface area contributed by atoms with Crippen molar-refractivity contribution in [1.29, 1.82) is 0 Å². The van der Waals surface area contributed by atoms with E-state index in [-0.39, 0.29) is 18.5 Å². The zero-order valence-corrected chi connectivity index (χ0v) is 8.31. The monoisotopic (exact) mass is 193 g/mol. The molecule has 1 aliphatic rings. The van der Waals surface area contributed by atoms with E-state index in [1.165, 1.54) is 5.69 Å². The van der Waals surface area contributed by atoms with Gasteiger partial charge < -0.3 is 15.2 Å². The number of hydrogen-bond acceptors (Lipinski definition) is 2. The number of fused-ring (bicyclic) bond motifs is 1. The molecule has 4 nitrogen and oxygen atoms in total. The number of nitrogens with two attached hydrogens (primary N) is 1. The molecule has 0 saturated heterocycles. The van der Waals surface area contributed by atoms with Crippen LogP contribution in [-0.4, -0.2) is 28.5 Å². The molecule has 1 aromatic rings. The van der Waals surface area contributed by atoms with Crippen LogP contribution in [0.2, 0.25) is 0 Å². The van der Waals surface area contributed by atoms with Gasteiger partial charge in [0.05, 0.1) is 12.6 Å². The highest BCUT2D eigenvalue weighted by molar-refractivity contribution is 5.78. The van der Waals surface area contributed by atoms with Crippen LogP contribution in [0.4, 0.5) is 0 Å². The standard InChI is InChI=1S/C10H15N3O/c1-8-9-3-2-4-12(9)5-6-13(8)10(14)7-11/h2-4,8H,5-7,11H2,1H3. The summed E-state index contributed by atoms with van der Waals surface area (Å²) in [6.45, 7) is 3.78. The lowest BCUT2D eigenvalue weighted by atomic mass is 10.1. The Kier molecular flexibility index (Phi) is 2.29. The van der Waals surface area contributed by atoms with Gasteiger partial charge in [0.2, 0.25) is 5.91 Å². The van der Waals surface area contributed by atoms with Crippen LogP contribution in [-0.2, 0) is 11.3 Å². The van der Waals surface area contributed by atoms with Gasteiger partial charge in [-0.2, -0.15) is 0 Å². The van der Waals surface area contributed by atoms with Crippen molar-refractivity contribution in [1.82, 2.24) is 9.47 Å². The summed E-state index contributed by atoms with van der Waals surface area (Å²) in [5.41, 5.74) is 6.56. The van der Waals surface area contributed by atoms with Gasteiger partial charge >= 0.3 is 0 Å². The normalized spacial score (nSPS) is 20.7. The van der Waals surface area contributed by atoms with Crippen molar-refractivity contribution in [2.75, 3.05) is 13.1 Å². The van der Waals surface area contributed by atoms with Gasteiger partial charge in [-0.15, -0.1) is 0 Å². The van der Waals surface area contributed by atoms with Crippen molar-refractivity contribution >= 4 is 5.91 Å². The van der Waals surface area contributed by atoms with E-state index in [4.69, 9.17) is 5.73 Å². The molecule has 1 aromatic heterocycles. The lowest BCUT2D eigenvalue weighted by Gasteiger charge is -2.34. The average Bonchev–Trinajstić information content (AvgIpc) is 2.66. The molecule has 2 heterocycles. The topological polar surface area (TPSA) is 51.3 Å². The minimum absolute atomic E-state index is 0.0324. The largest absolute Gasteiger partial charge is 0.348 e. The lowest BCUT2D eigenvalue weighted by Crippen LogP contribution is -2.43. The summed E-state index contributed by atoms with van der Waals surface area (Å²) in [5.74, 6) is 0.0324. The molecular formula is C10H15N3O. The van der Waals surface area contributed by atoms with Crippen LogP contribution in [0.15, 0.2) is 18.3 Å². The van der Waals surface area contributed by atoms with Crippen molar-refractivity contribution in [2.24, 2.45) is 5.73 Å². The number of carbonyl (C=O) groups is 1. The van der Waals surface area contributed by atoms with E-state index in [1.54, 1.807) is 0 Å². The number of nitrogens with zero attached hydrogens (tertiary/aromatic N) is 2. The molecule has 4 heteroatoms. The van der Waals surface area contributed by atoms with E-state index in [0.717, 1.165) is 13.1 Å². The van der Waals surface area contributed by atoms with Crippen molar-refractivity contribution in [2.45, 2.75) is 19.5 Å². The Labute approximate surface area is 83.3 Å². The molecule has 1 atom stereocenters. The zero-order valence-electron chi connectivity index (χ0n) is 8.31. The van der Waals surface area contributed by atoms with Crippen LogP contribution in [0, 0.1) is 0 Å². The minimum atomic E-state index is 0.0324. The van der Waals surface area contributed by atoms with Gasteiger partial charge in [0.25, 0.3) is 0 Å². The molecule has 2 N–H and O–H groups in total. The number of carbonyl (C=O) groups excluding carboxylic acids is 1. The molecule has 0 radical (unpaired) electrons. The first-order chi connectivity index (χ1) is 6.74.